The van der Waals surface area contributed by atoms with Crippen molar-refractivity contribution < 1.29 is 21.8 Å². The predicted molar refractivity (Wildman–Crippen MR) is 53.0 cm³/mol. The Morgan fingerprint density at radius 1 is 1.25 bits per heavy atom. The smallest absolute Gasteiger partial charge is 0.245 e. The Kier molecular flexibility index (Phi) is 3.72. The molecule has 1 rings (SSSR count). The van der Waals surface area contributed by atoms with Gasteiger partial charge in [0.25, 0.3) is 0 Å². The maximum absolute atomic E-state index is 13.1. The standard InChI is InChI=1S/C10H10F4OS/c1-6(2)7-3-4-8(11)9(5-7)16(15)10(12,13)14/h3-6H,1-2H3. The minimum Gasteiger partial charge on any atom is -0.245 e. The third kappa shape index (κ3) is 2.81. The van der Waals surface area contributed by atoms with Crippen molar-refractivity contribution in [1.82, 2.24) is 0 Å². The maximum Gasteiger partial charge on any atom is 0.475 e. The number of rotatable bonds is 2. The molecular formula is C10H10F4OS. The summed E-state index contributed by atoms with van der Waals surface area (Å²) in [5, 5.41) is 0. The zero-order valence-corrected chi connectivity index (χ0v) is 9.45. The summed E-state index contributed by atoms with van der Waals surface area (Å²) in [5.41, 5.74) is -4.41. The lowest BCUT2D eigenvalue weighted by molar-refractivity contribution is -0.0386. The van der Waals surface area contributed by atoms with Crippen LogP contribution in [0.5, 0.6) is 0 Å². The quantitative estimate of drug-likeness (QED) is 0.737. The van der Waals surface area contributed by atoms with E-state index in [-0.39, 0.29) is 5.92 Å². The third-order valence-electron chi connectivity index (χ3n) is 2.03. The fourth-order valence-corrected chi connectivity index (χ4v) is 1.88. The summed E-state index contributed by atoms with van der Waals surface area (Å²) in [4.78, 5) is -0.807. The topological polar surface area (TPSA) is 17.1 Å². The summed E-state index contributed by atoms with van der Waals surface area (Å²) in [7, 11) is -3.31. The van der Waals surface area contributed by atoms with Gasteiger partial charge in [-0.3, -0.25) is 0 Å². The molecular weight excluding hydrogens is 244 g/mol. The molecule has 0 fully saturated rings. The minimum atomic E-state index is -4.93. The van der Waals surface area contributed by atoms with Crippen LogP contribution in [-0.2, 0) is 10.8 Å². The van der Waals surface area contributed by atoms with Crippen LogP contribution in [0.4, 0.5) is 17.6 Å². The van der Waals surface area contributed by atoms with Crippen molar-refractivity contribution in [1.29, 1.82) is 0 Å². The summed E-state index contributed by atoms with van der Waals surface area (Å²) < 4.78 is 60.7. The second-order valence-corrected chi connectivity index (χ2v) is 5.00. The molecule has 1 unspecified atom stereocenters. The lowest BCUT2D eigenvalue weighted by atomic mass is 10.0. The van der Waals surface area contributed by atoms with Gasteiger partial charge < -0.3 is 0 Å². The van der Waals surface area contributed by atoms with Gasteiger partial charge in [-0.05, 0) is 23.6 Å². The lowest BCUT2D eigenvalue weighted by Crippen LogP contribution is -2.17. The van der Waals surface area contributed by atoms with Crippen LogP contribution in [0.2, 0.25) is 0 Å². The van der Waals surface area contributed by atoms with E-state index in [2.05, 4.69) is 0 Å². The Bertz CT molecular complexity index is 412. The predicted octanol–water partition coefficient (Wildman–Crippen LogP) is 3.58. The van der Waals surface area contributed by atoms with Crippen LogP contribution in [0.15, 0.2) is 23.1 Å². The number of benzene rings is 1. The third-order valence-corrected chi connectivity index (χ3v) is 3.16. The molecule has 16 heavy (non-hydrogen) atoms. The van der Waals surface area contributed by atoms with E-state index in [9.17, 15) is 21.8 Å². The zero-order chi connectivity index (χ0) is 12.5. The largest absolute Gasteiger partial charge is 0.475 e. The van der Waals surface area contributed by atoms with Crippen molar-refractivity contribution in [3.8, 4) is 0 Å². The Morgan fingerprint density at radius 3 is 2.25 bits per heavy atom. The summed E-state index contributed by atoms with van der Waals surface area (Å²) in [6.07, 6.45) is 0. The van der Waals surface area contributed by atoms with E-state index in [1.807, 2.05) is 0 Å². The summed E-state index contributed by atoms with van der Waals surface area (Å²) in [5.74, 6) is -1.15. The molecule has 0 spiro atoms. The molecule has 0 radical (unpaired) electrons. The number of halogens is 4. The van der Waals surface area contributed by atoms with Crippen molar-refractivity contribution in [3.63, 3.8) is 0 Å². The second-order valence-electron chi connectivity index (χ2n) is 3.56. The first-order valence-corrected chi connectivity index (χ1v) is 5.66. The molecule has 1 aromatic carbocycles. The molecule has 0 N–H and O–H groups in total. The van der Waals surface area contributed by atoms with E-state index >= 15 is 0 Å². The number of alkyl halides is 3. The van der Waals surface area contributed by atoms with Gasteiger partial charge in [-0.1, -0.05) is 19.9 Å². The second kappa shape index (κ2) is 4.53. The van der Waals surface area contributed by atoms with Gasteiger partial charge in [0.15, 0.2) is 10.8 Å². The van der Waals surface area contributed by atoms with E-state index in [1.165, 1.54) is 6.07 Å². The van der Waals surface area contributed by atoms with Crippen LogP contribution in [0.1, 0.15) is 25.3 Å². The molecule has 0 aliphatic rings. The van der Waals surface area contributed by atoms with Gasteiger partial charge in [0.05, 0.1) is 4.90 Å². The number of hydrogen-bond donors (Lipinski definition) is 0. The Morgan fingerprint density at radius 2 is 1.81 bits per heavy atom. The first-order valence-electron chi connectivity index (χ1n) is 4.51. The Labute approximate surface area is 92.9 Å². The highest BCUT2D eigenvalue weighted by Crippen LogP contribution is 2.29. The van der Waals surface area contributed by atoms with Crippen LogP contribution in [0.25, 0.3) is 0 Å². The first-order chi connectivity index (χ1) is 7.23. The first kappa shape index (κ1) is 13.2. The maximum atomic E-state index is 13.1. The molecule has 0 bridgehead atoms. The van der Waals surface area contributed by atoms with E-state index < -0.39 is 27.0 Å². The molecule has 0 saturated heterocycles. The molecule has 0 aliphatic carbocycles. The fraction of sp³-hybridized carbons (Fsp3) is 0.400. The molecule has 1 atom stereocenters. The van der Waals surface area contributed by atoms with E-state index in [1.54, 1.807) is 13.8 Å². The molecule has 1 aromatic rings. The molecule has 6 heteroatoms. The van der Waals surface area contributed by atoms with Gasteiger partial charge in [-0.2, -0.15) is 13.2 Å². The van der Waals surface area contributed by atoms with Gasteiger partial charge in [0, 0.05) is 0 Å². The van der Waals surface area contributed by atoms with Crippen molar-refractivity contribution in [2.75, 3.05) is 0 Å². The molecule has 0 aromatic heterocycles. The van der Waals surface area contributed by atoms with Gasteiger partial charge in [-0.25, -0.2) is 8.60 Å². The summed E-state index contributed by atoms with van der Waals surface area (Å²) in [6, 6.07) is 3.30. The molecule has 1 nitrogen and oxygen atoms in total. The average Bonchev–Trinajstić information content (AvgIpc) is 2.15. The normalized spacial score (nSPS) is 14.2. The molecule has 0 heterocycles. The minimum absolute atomic E-state index is 0.0513. The number of hydrogen-bond acceptors (Lipinski definition) is 1. The highest BCUT2D eigenvalue weighted by atomic mass is 32.2. The van der Waals surface area contributed by atoms with Crippen LogP contribution < -0.4 is 0 Å². The van der Waals surface area contributed by atoms with E-state index in [0.717, 1.165) is 12.1 Å². The van der Waals surface area contributed by atoms with Crippen LogP contribution in [-0.4, -0.2) is 9.72 Å². The Balaban J connectivity index is 3.23. The molecule has 90 valence electrons. The SMILES string of the molecule is CC(C)c1ccc(F)c(S(=O)C(F)(F)F)c1. The van der Waals surface area contributed by atoms with Crippen molar-refractivity contribution in [3.05, 3.63) is 29.6 Å². The van der Waals surface area contributed by atoms with Gasteiger partial charge in [-0.15, -0.1) is 0 Å². The lowest BCUT2D eigenvalue weighted by Gasteiger charge is -2.10. The van der Waals surface area contributed by atoms with Crippen molar-refractivity contribution in [2.24, 2.45) is 0 Å². The van der Waals surface area contributed by atoms with E-state index in [0.29, 0.717) is 5.56 Å². The van der Waals surface area contributed by atoms with Crippen LogP contribution in [0.3, 0.4) is 0 Å². The van der Waals surface area contributed by atoms with Crippen molar-refractivity contribution in [2.45, 2.75) is 30.2 Å². The average molecular weight is 254 g/mol. The molecule has 0 aliphatic heterocycles. The van der Waals surface area contributed by atoms with Crippen LogP contribution >= 0.6 is 0 Å². The summed E-state index contributed by atoms with van der Waals surface area (Å²) in [6.45, 7) is 3.51. The highest BCUT2D eigenvalue weighted by molar-refractivity contribution is 7.86. The summed E-state index contributed by atoms with van der Waals surface area (Å²) >= 11 is 0. The van der Waals surface area contributed by atoms with Gasteiger partial charge in [0.2, 0.25) is 0 Å². The zero-order valence-electron chi connectivity index (χ0n) is 8.64. The monoisotopic (exact) mass is 254 g/mol. The van der Waals surface area contributed by atoms with Crippen LogP contribution in [0, 0.1) is 5.82 Å². The molecule has 0 saturated carbocycles. The fourth-order valence-electron chi connectivity index (χ4n) is 1.15. The Hall–Kier alpha value is -0.910. The van der Waals surface area contributed by atoms with Gasteiger partial charge in [0.1, 0.15) is 5.82 Å². The van der Waals surface area contributed by atoms with Gasteiger partial charge >= 0.3 is 5.51 Å². The van der Waals surface area contributed by atoms with E-state index in [4.69, 9.17) is 0 Å². The molecule has 0 amide bonds. The van der Waals surface area contributed by atoms with Crippen molar-refractivity contribution >= 4 is 10.8 Å². The highest BCUT2D eigenvalue weighted by Gasteiger charge is 2.39.